The van der Waals surface area contributed by atoms with Crippen molar-refractivity contribution in [3.8, 4) is 0 Å². The van der Waals surface area contributed by atoms with Gasteiger partial charge >= 0.3 is 0 Å². The van der Waals surface area contributed by atoms with Gasteiger partial charge in [-0.1, -0.05) is 44.2 Å². The molecule has 30 heavy (non-hydrogen) atoms. The van der Waals surface area contributed by atoms with Crippen LogP contribution in [0.5, 0.6) is 0 Å². The fourth-order valence-corrected chi connectivity index (χ4v) is 3.89. The highest BCUT2D eigenvalue weighted by Crippen LogP contribution is 2.38. The molecule has 1 aliphatic heterocycles. The van der Waals surface area contributed by atoms with Gasteiger partial charge in [-0.15, -0.1) is 0 Å². The van der Waals surface area contributed by atoms with Crippen molar-refractivity contribution in [2.75, 3.05) is 26.2 Å². The van der Waals surface area contributed by atoms with Crippen molar-refractivity contribution in [2.24, 2.45) is 0 Å². The Morgan fingerprint density at radius 3 is 2.43 bits per heavy atom. The van der Waals surface area contributed by atoms with Gasteiger partial charge in [0.1, 0.15) is 17.6 Å². The highest BCUT2D eigenvalue weighted by atomic mass is 16.3. The van der Waals surface area contributed by atoms with E-state index in [9.17, 15) is 14.7 Å². The maximum Gasteiger partial charge on any atom is 0.290 e. The lowest BCUT2D eigenvalue weighted by Gasteiger charge is -2.28. The first-order chi connectivity index (χ1) is 14.5. The molecule has 6 heteroatoms. The molecule has 0 aliphatic carbocycles. The van der Waals surface area contributed by atoms with Crippen LogP contribution in [0.15, 0.2) is 58.2 Å². The molecule has 0 spiro atoms. The average Bonchev–Trinajstić information content (AvgIpc) is 3.29. The zero-order valence-electron chi connectivity index (χ0n) is 17.9. The third-order valence-corrected chi connectivity index (χ3v) is 5.67. The molecule has 1 aromatic carbocycles. The molecule has 1 N–H and O–H groups in total. The van der Waals surface area contributed by atoms with Crippen molar-refractivity contribution in [2.45, 2.75) is 39.7 Å². The molecular weight excluding hydrogens is 380 g/mol. The fraction of sp³-hybridized carbons (Fsp3) is 0.417. The van der Waals surface area contributed by atoms with Crippen LogP contribution in [-0.2, 0) is 16.0 Å². The largest absolute Gasteiger partial charge is 0.503 e. The normalized spacial score (nSPS) is 16.7. The molecule has 1 aromatic heterocycles. The van der Waals surface area contributed by atoms with Gasteiger partial charge in [0.05, 0.1) is 5.57 Å². The molecule has 1 atom stereocenters. The summed E-state index contributed by atoms with van der Waals surface area (Å²) >= 11 is 0. The number of aliphatic hydroxyl groups is 1. The molecule has 2 aromatic rings. The summed E-state index contributed by atoms with van der Waals surface area (Å²) in [6, 6.07) is 12.6. The van der Waals surface area contributed by atoms with Gasteiger partial charge in [0.15, 0.2) is 11.5 Å². The molecule has 1 aliphatic rings. The van der Waals surface area contributed by atoms with Gasteiger partial charge in [-0.05, 0) is 44.1 Å². The number of furan rings is 1. The van der Waals surface area contributed by atoms with E-state index in [1.165, 1.54) is 0 Å². The van der Waals surface area contributed by atoms with E-state index in [1.54, 1.807) is 11.0 Å². The van der Waals surface area contributed by atoms with Gasteiger partial charge in [-0.25, -0.2) is 0 Å². The molecule has 1 unspecified atom stereocenters. The van der Waals surface area contributed by atoms with E-state index in [4.69, 9.17) is 4.42 Å². The van der Waals surface area contributed by atoms with Crippen molar-refractivity contribution < 1.29 is 19.1 Å². The Morgan fingerprint density at radius 2 is 1.83 bits per heavy atom. The number of carbonyl (C=O) groups excluding carboxylic acids is 2. The molecule has 0 saturated carbocycles. The Bertz CT molecular complexity index is 912. The zero-order chi connectivity index (χ0) is 21.7. The summed E-state index contributed by atoms with van der Waals surface area (Å²) in [5.74, 6) is 0.0150. The second-order valence-electron chi connectivity index (χ2n) is 7.55. The lowest BCUT2D eigenvalue weighted by molar-refractivity contribution is -0.129. The van der Waals surface area contributed by atoms with E-state index in [0.29, 0.717) is 31.0 Å². The SMILES string of the molecule is CCN(CC)CCN1C(=O)C(O)=C(C(=O)CCc2ccccc2)C1c1ccc(C)o1. The lowest BCUT2D eigenvalue weighted by Crippen LogP contribution is -2.38. The number of hydrogen-bond donors (Lipinski definition) is 1. The van der Waals surface area contributed by atoms with Crippen LogP contribution in [-0.4, -0.2) is 52.8 Å². The molecule has 160 valence electrons. The molecule has 1 amide bonds. The van der Waals surface area contributed by atoms with Crippen LogP contribution in [0.3, 0.4) is 0 Å². The number of aryl methyl sites for hydroxylation is 2. The minimum atomic E-state index is -0.690. The molecule has 0 fully saturated rings. The van der Waals surface area contributed by atoms with Crippen molar-refractivity contribution in [3.05, 3.63) is 70.9 Å². The van der Waals surface area contributed by atoms with Gasteiger partial charge in [0.2, 0.25) is 0 Å². The third kappa shape index (κ3) is 4.65. The van der Waals surface area contributed by atoms with Gasteiger partial charge < -0.3 is 19.3 Å². The number of benzene rings is 1. The van der Waals surface area contributed by atoms with Crippen LogP contribution in [0.2, 0.25) is 0 Å². The van der Waals surface area contributed by atoms with E-state index in [1.807, 2.05) is 43.3 Å². The van der Waals surface area contributed by atoms with Crippen LogP contribution in [0.25, 0.3) is 0 Å². The Morgan fingerprint density at radius 1 is 1.13 bits per heavy atom. The summed E-state index contributed by atoms with van der Waals surface area (Å²) in [7, 11) is 0. The summed E-state index contributed by atoms with van der Waals surface area (Å²) in [6.45, 7) is 8.75. The Hall–Kier alpha value is -2.86. The maximum atomic E-state index is 13.1. The number of ketones is 1. The Labute approximate surface area is 177 Å². The minimum absolute atomic E-state index is 0.143. The summed E-state index contributed by atoms with van der Waals surface area (Å²) in [5, 5.41) is 10.6. The zero-order valence-corrected chi connectivity index (χ0v) is 17.9. The predicted molar refractivity (Wildman–Crippen MR) is 115 cm³/mol. The number of carbonyl (C=O) groups is 2. The first kappa shape index (κ1) is 21.8. The Kier molecular flexibility index (Phi) is 7.11. The molecular formula is C24H30N2O4. The number of amides is 1. The number of aliphatic hydroxyl groups excluding tert-OH is 1. The van der Waals surface area contributed by atoms with E-state index in [-0.39, 0.29) is 17.8 Å². The average molecular weight is 411 g/mol. The van der Waals surface area contributed by atoms with Crippen LogP contribution in [0.1, 0.15) is 43.4 Å². The van der Waals surface area contributed by atoms with E-state index < -0.39 is 17.7 Å². The van der Waals surface area contributed by atoms with Gasteiger partial charge in [0, 0.05) is 19.5 Å². The minimum Gasteiger partial charge on any atom is -0.503 e. The maximum absolute atomic E-state index is 13.1. The number of hydrogen-bond acceptors (Lipinski definition) is 5. The second kappa shape index (κ2) is 9.76. The van der Waals surface area contributed by atoms with E-state index in [2.05, 4.69) is 18.7 Å². The predicted octanol–water partition coefficient (Wildman–Crippen LogP) is 3.83. The van der Waals surface area contributed by atoms with Crippen molar-refractivity contribution in [1.82, 2.24) is 9.80 Å². The summed E-state index contributed by atoms with van der Waals surface area (Å²) in [5.41, 5.74) is 1.18. The molecule has 2 heterocycles. The smallest absolute Gasteiger partial charge is 0.290 e. The van der Waals surface area contributed by atoms with Gasteiger partial charge in [0.25, 0.3) is 5.91 Å². The standard InChI is InChI=1S/C24H30N2O4/c1-4-25(5-2)15-16-26-22(20-14-11-17(3)30-20)21(23(28)24(26)29)19(27)13-12-18-9-7-6-8-10-18/h6-11,14,22,28H,4-5,12-13,15-16H2,1-3H3. The molecule has 6 nitrogen and oxygen atoms in total. The topological polar surface area (TPSA) is 74.0 Å². The number of Topliss-reactive ketones (excluding diaryl/α,β-unsaturated/α-hetero) is 1. The van der Waals surface area contributed by atoms with E-state index in [0.717, 1.165) is 18.7 Å². The number of rotatable bonds is 10. The van der Waals surface area contributed by atoms with Crippen LogP contribution in [0, 0.1) is 6.92 Å². The van der Waals surface area contributed by atoms with Crippen molar-refractivity contribution in [3.63, 3.8) is 0 Å². The fourth-order valence-electron chi connectivity index (χ4n) is 3.89. The number of likely N-dealkylation sites (N-methyl/N-ethyl adjacent to an activating group) is 1. The lowest BCUT2D eigenvalue weighted by atomic mass is 9.96. The summed E-state index contributed by atoms with van der Waals surface area (Å²) in [6.07, 6.45) is 0.769. The van der Waals surface area contributed by atoms with Crippen LogP contribution in [0.4, 0.5) is 0 Å². The molecule has 3 rings (SSSR count). The molecule has 0 bridgehead atoms. The van der Waals surface area contributed by atoms with Crippen LogP contribution < -0.4 is 0 Å². The third-order valence-electron chi connectivity index (χ3n) is 5.67. The van der Waals surface area contributed by atoms with Crippen LogP contribution >= 0.6 is 0 Å². The first-order valence-corrected chi connectivity index (χ1v) is 10.6. The second-order valence-corrected chi connectivity index (χ2v) is 7.55. The number of nitrogens with zero attached hydrogens (tertiary/aromatic N) is 2. The molecule has 0 saturated heterocycles. The quantitative estimate of drug-likeness (QED) is 0.644. The van der Waals surface area contributed by atoms with Crippen molar-refractivity contribution >= 4 is 11.7 Å². The Balaban J connectivity index is 1.85. The monoisotopic (exact) mass is 410 g/mol. The highest BCUT2D eigenvalue weighted by Gasteiger charge is 2.44. The highest BCUT2D eigenvalue weighted by molar-refractivity contribution is 6.08. The first-order valence-electron chi connectivity index (χ1n) is 10.6. The molecule has 0 radical (unpaired) electrons. The van der Waals surface area contributed by atoms with Gasteiger partial charge in [-0.3, -0.25) is 9.59 Å². The summed E-state index contributed by atoms with van der Waals surface area (Å²) < 4.78 is 5.79. The van der Waals surface area contributed by atoms with Gasteiger partial charge in [-0.2, -0.15) is 0 Å². The van der Waals surface area contributed by atoms with E-state index >= 15 is 0 Å². The van der Waals surface area contributed by atoms with Crippen molar-refractivity contribution in [1.29, 1.82) is 0 Å². The summed E-state index contributed by atoms with van der Waals surface area (Å²) in [4.78, 5) is 29.7.